The highest BCUT2D eigenvalue weighted by Crippen LogP contribution is 2.54. The van der Waals surface area contributed by atoms with E-state index in [4.69, 9.17) is 0 Å². The zero-order valence-electron chi connectivity index (χ0n) is 14.2. The van der Waals surface area contributed by atoms with Crippen LogP contribution in [0.3, 0.4) is 0 Å². The van der Waals surface area contributed by atoms with E-state index in [1.54, 1.807) is 13.0 Å². The largest absolute Gasteiger partial charge is 0.289 e. The summed E-state index contributed by atoms with van der Waals surface area (Å²) < 4.78 is 0. The van der Waals surface area contributed by atoms with Gasteiger partial charge in [0.1, 0.15) is 0 Å². The van der Waals surface area contributed by atoms with Gasteiger partial charge < -0.3 is 0 Å². The lowest BCUT2D eigenvalue weighted by Gasteiger charge is -2.44. The number of hydrogen-bond donors (Lipinski definition) is 0. The van der Waals surface area contributed by atoms with Crippen molar-refractivity contribution in [1.29, 1.82) is 0 Å². The monoisotopic (exact) mass is 306 g/mol. The molecule has 3 rings (SSSR count). The van der Waals surface area contributed by atoms with Gasteiger partial charge in [0.25, 0.3) is 0 Å². The van der Waals surface area contributed by atoms with Crippen molar-refractivity contribution >= 4 is 11.6 Å². The van der Waals surface area contributed by atoms with Crippen molar-refractivity contribution in [2.75, 3.05) is 0 Å². The number of carbonyl (C=O) groups is 2. The Morgan fingerprint density at radius 2 is 1.83 bits per heavy atom. The second-order valence-electron chi connectivity index (χ2n) is 7.20. The molecule has 0 radical (unpaired) electrons. The molecule has 3 aliphatic carbocycles. The zero-order valence-corrected chi connectivity index (χ0v) is 14.2. The summed E-state index contributed by atoms with van der Waals surface area (Å²) in [5.74, 6) is -0.188. The number of Topliss-reactive ketones (excluding diaryl/α,β-unsaturated/α-hetero) is 2. The van der Waals surface area contributed by atoms with Gasteiger partial charge in [0, 0.05) is 28.4 Å². The van der Waals surface area contributed by atoms with Gasteiger partial charge in [-0.05, 0) is 43.6 Å². The maximum atomic E-state index is 12.8. The molecule has 0 saturated carbocycles. The highest BCUT2D eigenvalue weighted by Gasteiger charge is 2.49. The summed E-state index contributed by atoms with van der Waals surface area (Å²) in [7, 11) is 0. The molecular weight excluding hydrogens is 284 g/mol. The van der Waals surface area contributed by atoms with E-state index in [0.717, 1.165) is 11.1 Å². The van der Waals surface area contributed by atoms with Gasteiger partial charge in [-0.25, -0.2) is 0 Å². The molecule has 2 heteroatoms. The van der Waals surface area contributed by atoms with E-state index in [2.05, 4.69) is 26.2 Å². The Morgan fingerprint density at radius 1 is 1.17 bits per heavy atom. The summed E-state index contributed by atoms with van der Waals surface area (Å²) in [5, 5.41) is 0. The second-order valence-corrected chi connectivity index (χ2v) is 7.20. The minimum atomic E-state index is -0.400. The van der Waals surface area contributed by atoms with Gasteiger partial charge in [-0.15, -0.1) is 0 Å². The third-order valence-electron chi connectivity index (χ3n) is 5.37. The van der Waals surface area contributed by atoms with Crippen molar-refractivity contribution in [2.24, 2.45) is 17.3 Å². The van der Waals surface area contributed by atoms with E-state index in [1.807, 2.05) is 26.0 Å². The van der Waals surface area contributed by atoms with Crippen LogP contribution in [0.15, 0.2) is 70.9 Å². The fourth-order valence-electron chi connectivity index (χ4n) is 4.38. The summed E-state index contributed by atoms with van der Waals surface area (Å²) >= 11 is 0. The number of allylic oxidation sites excluding steroid dienone is 10. The van der Waals surface area contributed by atoms with Crippen molar-refractivity contribution in [1.82, 2.24) is 0 Å². The Hall–Kier alpha value is -2.22. The van der Waals surface area contributed by atoms with Crippen LogP contribution in [0, 0.1) is 17.3 Å². The normalized spacial score (nSPS) is 33.1. The molecule has 23 heavy (non-hydrogen) atoms. The Morgan fingerprint density at radius 3 is 2.43 bits per heavy atom. The molecule has 3 aliphatic rings. The second kappa shape index (κ2) is 4.89. The Kier molecular flexibility index (Phi) is 3.33. The Bertz CT molecular complexity index is 798. The molecule has 0 saturated heterocycles. The molecule has 0 N–H and O–H groups in total. The van der Waals surface area contributed by atoms with Crippen molar-refractivity contribution in [3.63, 3.8) is 0 Å². The molecule has 0 aromatic carbocycles. The third kappa shape index (κ3) is 2.01. The van der Waals surface area contributed by atoms with E-state index >= 15 is 0 Å². The van der Waals surface area contributed by atoms with Gasteiger partial charge in [-0.3, -0.25) is 9.59 Å². The van der Waals surface area contributed by atoms with Gasteiger partial charge in [0.2, 0.25) is 0 Å². The molecule has 0 heterocycles. The summed E-state index contributed by atoms with van der Waals surface area (Å²) in [4.78, 5) is 25.6. The van der Waals surface area contributed by atoms with Gasteiger partial charge >= 0.3 is 0 Å². The van der Waals surface area contributed by atoms with Gasteiger partial charge in [-0.2, -0.15) is 0 Å². The number of rotatable bonds is 1. The molecule has 0 aromatic heterocycles. The van der Waals surface area contributed by atoms with E-state index < -0.39 is 5.41 Å². The highest BCUT2D eigenvalue weighted by atomic mass is 16.1. The molecule has 0 bridgehead atoms. The fourth-order valence-corrected chi connectivity index (χ4v) is 4.38. The van der Waals surface area contributed by atoms with Gasteiger partial charge in [-0.1, -0.05) is 43.9 Å². The summed E-state index contributed by atoms with van der Waals surface area (Å²) in [6.07, 6.45) is 7.85. The smallest absolute Gasteiger partial charge is 0.188 e. The number of carbonyl (C=O) groups excluding carboxylic acids is 2. The van der Waals surface area contributed by atoms with E-state index in [0.29, 0.717) is 22.3 Å². The minimum absolute atomic E-state index is 0.0235. The quantitative estimate of drug-likeness (QED) is 0.678. The van der Waals surface area contributed by atoms with Gasteiger partial charge in [0.05, 0.1) is 0 Å². The topological polar surface area (TPSA) is 34.1 Å². The van der Waals surface area contributed by atoms with Crippen molar-refractivity contribution in [3.8, 4) is 0 Å². The van der Waals surface area contributed by atoms with Crippen LogP contribution < -0.4 is 0 Å². The lowest BCUT2D eigenvalue weighted by atomic mass is 9.58. The molecule has 0 amide bonds. The van der Waals surface area contributed by atoms with Crippen LogP contribution in [-0.2, 0) is 9.59 Å². The lowest BCUT2D eigenvalue weighted by molar-refractivity contribution is -0.114. The molecular formula is C21H22O2. The SMILES string of the molecule is C=C1C=C[C@@H](C(=C)C)[C@]2(C)C=C(C)C(=O)C3=C(C(=O)C(C)=C3)C12. The molecule has 118 valence electrons. The molecule has 1 unspecified atom stereocenters. The Balaban J connectivity index is 2.34. The van der Waals surface area contributed by atoms with Crippen LogP contribution in [0.1, 0.15) is 27.7 Å². The van der Waals surface area contributed by atoms with Crippen molar-refractivity contribution in [3.05, 3.63) is 70.9 Å². The Labute approximate surface area is 137 Å². The summed E-state index contributed by atoms with van der Waals surface area (Å²) in [6.45, 7) is 16.0. The predicted molar refractivity (Wildman–Crippen MR) is 92.7 cm³/mol. The number of hydrogen-bond acceptors (Lipinski definition) is 2. The first-order valence-corrected chi connectivity index (χ1v) is 7.92. The van der Waals surface area contributed by atoms with E-state index in [1.165, 1.54) is 0 Å². The standard InChI is InChI=1S/C21H22O2/c1-11(2)16-8-7-12(3)18-17-15(9-13(4)20(17)23)19(22)14(5)10-21(16,18)6/h7-10,16,18H,1,3H2,2,4-6H3/t16-,18?,21-/m0/s1. The maximum Gasteiger partial charge on any atom is 0.188 e. The first-order chi connectivity index (χ1) is 10.7. The van der Waals surface area contributed by atoms with E-state index in [-0.39, 0.29) is 23.4 Å². The highest BCUT2D eigenvalue weighted by molar-refractivity contribution is 6.23. The number of ketones is 2. The van der Waals surface area contributed by atoms with Crippen LogP contribution in [0.4, 0.5) is 0 Å². The van der Waals surface area contributed by atoms with Crippen LogP contribution >= 0.6 is 0 Å². The molecule has 0 aromatic rings. The van der Waals surface area contributed by atoms with Crippen molar-refractivity contribution in [2.45, 2.75) is 27.7 Å². The lowest BCUT2D eigenvalue weighted by Crippen LogP contribution is -2.39. The van der Waals surface area contributed by atoms with E-state index in [9.17, 15) is 9.59 Å². The maximum absolute atomic E-state index is 12.8. The van der Waals surface area contributed by atoms with Crippen LogP contribution in [0.2, 0.25) is 0 Å². The van der Waals surface area contributed by atoms with Crippen LogP contribution in [-0.4, -0.2) is 11.6 Å². The molecule has 0 spiro atoms. The van der Waals surface area contributed by atoms with Crippen molar-refractivity contribution < 1.29 is 9.59 Å². The minimum Gasteiger partial charge on any atom is -0.289 e. The summed E-state index contributed by atoms with van der Waals surface area (Å²) in [5.41, 5.74) is 3.99. The third-order valence-corrected chi connectivity index (χ3v) is 5.37. The first-order valence-electron chi connectivity index (χ1n) is 7.92. The molecule has 3 atom stereocenters. The zero-order chi connectivity index (χ0) is 17.1. The molecule has 0 fully saturated rings. The predicted octanol–water partition coefficient (Wildman–Crippen LogP) is 4.28. The van der Waals surface area contributed by atoms with Crippen LogP contribution in [0.5, 0.6) is 0 Å². The van der Waals surface area contributed by atoms with Gasteiger partial charge in [0.15, 0.2) is 11.6 Å². The average molecular weight is 306 g/mol. The summed E-state index contributed by atoms with van der Waals surface area (Å²) in [6, 6.07) is 0. The van der Waals surface area contributed by atoms with Crippen LogP contribution in [0.25, 0.3) is 0 Å². The number of fused-ring (bicyclic) bond motifs is 2. The molecule has 2 nitrogen and oxygen atoms in total. The first kappa shape index (κ1) is 15.7. The average Bonchev–Trinajstić information content (AvgIpc) is 2.69. The fraction of sp³-hybridized carbons (Fsp3) is 0.333. The molecule has 0 aliphatic heterocycles.